The molecule has 1 saturated heterocycles. The third-order valence-corrected chi connectivity index (χ3v) is 5.70. The van der Waals surface area contributed by atoms with Gasteiger partial charge in [-0.05, 0) is 49.0 Å². The van der Waals surface area contributed by atoms with Crippen molar-refractivity contribution in [3.63, 3.8) is 0 Å². The molecule has 0 atom stereocenters. The number of rotatable bonds is 5. The van der Waals surface area contributed by atoms with Crippen LogP contribution >= 0.6 is 11.6 Å². The van der Waals surface area contributed by atoms with Crippen molar-refractivity contribution in [2.45, 2.75) is 12.7 Å². The largest absolute Gasteiger partial charge is 0.434 e. The van der Waals surface area contributed by atoms with Gasteiger partial charge in [0.25, 0.3) is 5.91 Å². The Labute approximate surface area is 193 Å². The van der Waals surface area contributed by atoms with Crippen LogP contribution in [-0.2, 0) is 12.7 Å². The zero-order valence-corrected chi connectivity index (χ0v) is 18.6. The number of halogens is 4. The molecule has 0 unspecified atom stereocenters. The number of hydrogen-bond acceptors (Lipinski definition) is 5. The SMILES string of the molecule is CN1CCN(c2cc(CNC(=O)c3cnn(-c4ccc(Cl)cc4)c3C(F)(F)F)ccn2)CC1. The fourth-order valence-corrected chi connectivity index (χ4v) is 3.75. The standard InChI is InChI=1S/C22H22ClF3N6O/c1-30-8-10-31(11-9-30)19-12-15(6-7-27-19)13-28-21(33)18-14-29-32(20(18)22(24,25)26)17-4-2-16(23)3-5-17/h2-7,12,14H,8-11,13H2,1H3,(H,28,33). The minimum atomic E-state index is -4.78. The molecule has 33 heavy (non-hydrogen) atoms. The van der Waals surface area contributed by atoms with E-state index < -0.39 is 23.3 Å². The third-order valence-electron chi connectivity index (χ3n) is 5.44. The number of benzene rings is 1. The number of carbonyl (C=O) groups excluding carboxylic acids is 1. The van der Waals surface area contributed by atoms with Crippen molar-refractivity contribution in [2.75, 3.05) is 38.1 Å². The summed E-state index contributed by atoms with van der Waals surface area (Å²) in [5.74, 6) is -0.0816. The van der Waals surface area contributed by atoms with Crippen molar-refractivity contribution in [3.8, 4) is 5.69 Å². The van der Waals surface area contributed by atoms with Crippen molar-refractivity contribution in [1.82, 2.24) is 25.0 Å². The van der Waals surface area contributed by atoms with Crippen LogP contribution in [0.5, 0.6) is 0 Å². The van der Waals surface area contributed by atoms with Crippen molar-refractivity contribution >= 4 is 23.3 Å². The molecule has 11 heteroatoms. The van der Waals surface area contributed by atoms with Gasteiger partial charge >= 0.3 is 6.18 Å². The Morgan fingerprint density at radius 2 is 1.82 bits per heavy atom. The van der Waals surface area contributed by atoms with Gasteiger partial charge in [0, 0.05) is 43.9 Å². The normalized spacial score (nSPS) is 15.0. The van der Waals surface area contributed by atoms with Crippen LogP contribution in [0.1, 0.15) is 21.6 Å². The van der Waals surface area contributed by atoms with Crippen LogP contribution in [0.2, 0.25) is 5.02 Å². The molecule has 1 aromatic carbocycles. The van der Waals surface area contributed by atoms with Crippen molar-refractivity contribution in [1.29, 1.82) is 0 Å². The second-order valence-electron chi connectivity index (χ2n) is 7.79. The van der Waals surface area contributed by atoms with Crippen LogP contribution in [0.25, 0.3) is 5.69 Å². The number of amides is 1. The van der Waals surface area contributed by atoms with Crippen LogP contribution in [0.3, 0.4) is 0 Å². The van der Waals surface area contributed by atoms with Gasteiger partial charge in [-0.25, -0.2) is 9.67 Å². The first-order chi connectivity index (χ1) is 15.7. The lowest BCUT2D eigenvalue weighted by Crippen LogP contribution is -2.44. The molecule has 1 fully saturated rings. The molecule has 0 saturated carbocycles. The lowest BCUT2D eigenvalue weighted by atomic mass is 10.2. The Hall–Kier alpha value is -3.11. The zero-order valence-electron chi connectivity index (χ0n) is 17.8. The Morgan fingerprint density at radius 3 is 2.48 bits per heavy atom. The molecule has 0 spiro atoms. The fourth-order valence-electron chi connectivity index (χ4n) is 3.62. The average Bonchev–Trinajstić information content (AvgIpc) is 3.25. The summed E-state index contributed by atoms with van der Waals surface area (Å²) in [6, 6.07) is 9.29. The first kappa shape index (κ1) is 23.1. The van der Waals surface area contributed by atoms with Gasteiger partial charge in [0.1, 0.15) is 5.82 Å². The molecule has 3 heterocycles. The third kappa shape index (κ3) is 5.28. The quantitative estimate of drug-likeness (QED) is 0.606. The number of aromatic nitrogens is 3. The highest BCUT2D eigenvalue weighted by Gasteiger charge is 2.40. The molecule has 1 aliphatic rings. The van der Waals surface area contributed by atoms with E-state index in [-0.39, 0.29) is 12.2 Å². The van der Waals surface area contributed by atoms with Gasteiger partial charge in [0.05, 0.1) is 17.4 Å². The van der Waals surface area contributed by atoms with E-state index in [1.54, 1.807) is 12.3 Å². The Morgan fingerprint density at radius 1 is 1.12 bits per heavy atom. The zero-order chi connectivity index (χ0) is 23.6. The van der Waals surface area contributed by atoms with E-state index in [0.29, 0.717) is 9.70 Å². The van der Waals surface area contributed by atoms with E-state index in [1.807, 2.05) is 6.07 Å². The van der Waals surface area contributed by atoms with E-state index in [1.165, 1.54) is 24.3 Å². The first-order valence-electron chi connectivity index (χ1n) is 10.3. The maximum atomic E-state index is 13.8. The highest BCUT2D eigenvalue weighted by molar-refractivity contribution is 6.30. The maximum absolute atomic E-state index is 13.8. The summed E-state index contributed by atoms with van der Waals surface area (Å²) in [5.41, 5.74) is -0.802. The maximum Gasteiger partial charge on any atom is 0.434 e. The van der Waals surface area contributed by atoms with Gasteiger partial charge in [-0.1, -0.05) is 11.6 Å². The van der Waals surface area contributed by atoms with Crippen LogP contribution in [0.15, 0.2) is 48.8 Å². The van der Waals surface area contributed by atoms with E-state index >= 15 is 0 Å². The molecule has 2 aromatic heterocycles. The Balaban J connectivity index is 1.51. The lowest BCUT2D eigenvalue weighted by Gasteiger charge is -2.33. The fraction of sp³-hybridized carbons (Fsp3) is 0.318. The minimum absolute atomic E-state index is 0.0610. The number of nitrogens with one attached hydrogen (secondary N) is 1. The highest BCUT2D eigenvalue weighted by atomic mass is 35.5. The molecule has 4 rings (SSSR count). The summed E-state index contributed by atoms with van der Waals surface area (Å²) >= 11 is 5.83. The number of hydrogen-bond donors (Lipinski definition) is 1. The van der Waals surface area contributed by atoms with Crippen molar-refractivity contribution in [3.05, 3.63) is 70.6 Å². The number of alkyl halides is 3. The monoisotopic (exact) mass is 478 g/mol. The minimum Gasteiger partial charge on any atom is -0.354 e. The molecule has 7 nitrogen and oxygen atoms in total. The number of nitrogens with zero attached hydrogens (tertiary/aromatic N) is 5. The molecule has 1 N–H and O–H groups in total. The topological polar surface area (TPSA) is 66.3 Å². The van der Waals surface area contributed by atoms with E-state index in [0.717, 1.165) is 43.8 Å². The van der Waals surface area contributed by atoms with Gasteiger partial charge in [-0.3, -0.25) is 4.79 Å². The van der Waals surface area contributed by atoms with E-state index in [2.05, 4.69) is 32.2 Å². The summed E-state index contributed by atoms with van der Waals surface area (Å²) < 4.78 is 42.2. The van der Waals surface area contributed by atoms with Crippen LogP contribution in [0.4, 0.5) is 19.0 Å². The molecule has 3 aromatic rings. The number of anilines is 1. The van der Waals surface area contributed by atoms with Gasteiger partial charge in [-0.2, -0.15) is 18.3 Å². The predicted octanol–water partition coefficient (Wildman–Crippen LogP) is 3.62. The van der Waals surface area contributed by atoms with Crippen LogP contribution in [-0.4, -0.2) is 58.8 Å². The Kier molecular flexibility index (Phi) is 6.57. The molecule has 1 amide bonds. The molecule has 174 valence electrons. The predicted molar refractivity (Wildman–Crippen MR) is 119 cm³/mol. The van der Waals surface area contributed by atoms with Crippen molar-refractivity contribution in [2.24, 2.45) is 0 Å². The summed E-state index contributed by atoms with van der Waals surface area (Å²) in [6.07, 6.45) is -2.22. The van der Waals surface area contributed by atoms with Crippen molar-refractivity contribution < 1.29 is 18.0 Å². The molecular formula is C22H22ClF3N6O. The molecular weight excluding hydrogens is 457 g/mol. The number of carbonyl (C=O) groups is 1. The smallest absolute Gasteiger partial charge is 0.354 e. The molecule has 0 bridgehead atoms. The van der Waals surface area contributed by atoms with E-state index in [4.69, 9.17) is 11.6 Å². The van der Waals surface area contributed by atoms with Gasteiger partial charge in [0.15, 0.2) is 5.69 Å². The summed E-state index contributed by atoms with van der Waals surface area (Å²) in [6.45, 7) is 3.56. The van der Waals surface area contributed by atoms with Crippen LogP contribution < -0.4 is 10.2 Å². The average molecular weight is 479 g/mol. The van der Waals surface area contributed by atoms with E-state index in [9.17, 15) is 18.0 Å². The summed E-state index contributed by atoms with van der Waals surface area (Å²) in [4.78, 5) is 21.4. The summed E-state index contributed by atoms with van der Waals surface area (Å²) in [7, 11) is 2.06. The molecule has 1 aliphatic heterocycles. The molecule has 0 aliphatic carbocycles. The first-order valence-corrected chi connectivity index (χ1v) is 10.7. The molecule has 0 radical (unpaired) electrons. The lowest BCUT2D eigenvalue weighted by molar-refractivity contribution is -0.143. The number of pyridine rings is 1. The number of piperazine rings is 1. The van der Waals surface area contributed by atoms with Gasteiger partial charge in [-0.15, -0.1) is 0 Å². The van der Waals surface area contributed by atoms with Gasteiger partial charge < -0.3 is 15.1 Å². The highest BCUT2D eigenvalue weighted by Crippen LogP contribution is 2.34. The second kappa shape index (κ2) is 9.40. The van der Waals surface area contributed by atoms with Gasteiger partial charge in [0.2, 0.25) is 0 Å². The van der Waals surface area contributed by atoms with Crippen LogP contribution in [0, 0.1) is 0 Å². The Bertz CT molecular complexity index is 1120. The summed E-state index contributed by atoms with van der Waals surface area (Å²) in [5, 5.41) is 6.76. The number of likely N-dealkylation sites (N-methyl/N-ethyl adjacent to an activating group) is 1. The second-order valence-corrected chi connectivity index (χ2v) is 8.22.